The van der Waals surface area contributed by atoms with Crippen molar-refractivity contribution in [1.82, 2.24) is 10.2 Å². The fourth-order valence-electron chi connectivity index (χ4n) is 3.21. The first kappa shape index (κ1) is 21.4. The van der Waals surface area contributed by atoms with Crippen LogP contribution in [0.15, 0.2) is 47.5 Å². The molecule has 1 saturated carbocycles. The lowest BCUT2D eigenvalue weighted by Crippen LogP contribution is -2.40. The van der Waals surface area contributed by atoms with E-state index >= 15 is 0 Å². The second-order valence-corrected chi connectivity index (χ2v) is 6.44. The molecule has 2 aromatic rings. The molecule has 0 spiro atoms. The van der Waals surface area contributed by atoms with E-state index < -0.39 is 11.6 Å². The summed E-state index contributed by atoms with van der Waals surface area (Å²) >= 11 is 0. The molecular weight excluding hydrogens is 463 g/mol. The van der Waals surface area contributed by atoms with Gasteiger partial charge in [0.25, 0.3) is 0 Å². The number of rotatable bonds is 5. The number of guanidine groups is 1. The zero-order chi connectivity index (χ0) is 18.7. The fraction of sp³-hybridized carbons (Fsp3) is 0.350. The van der Waals surface area contributed by atoms with E-state index in [-0.39, 0.29) is 41.5 Å². The molecule has 0 aliphatic heterocycles. The average molecular weight is 487 g/mol. The number of halogens is 3. The Hall–Kier alpha value is -1.90. The molecular formula is C20H24F2IN3O. The molecule has 0 amide bonds. The Morgan fingerprint density at radius 2 is 1.85 bits per heavy atom. The van der Waals surface area contributed by atoms with Crippen LogP contribution in [0.2, 0.25) is 0 Å². The highest BCUT2D eigenvalue weighted by Crippen LogP contribution is 2.43. The summed E-state index contributed by atoms with van der Waals surface area (Å²) in [5, 5.41) is 3.30. The van der Waals surface area contributed by atoms with Gasteiger partial charge in [0.05, 0.1) is 7.11 Å². The van der Waals surface area contributed by atoms with Gasteiger partial charge in [-0.2, -0.15) is 0 Å². The van der Waals surface area contributed by atoms with Gasteiger partial charge < -0.3 is 15.0 Å². The van der Waals surface area contributed by atoms with Crippen molar-refractivity contribution in [1.29, 1.82) is 0 Å². The molecule has 0 heterocycles. The molecule has 2 atom stereocenters. The number of benzene rings is 2. The standard InChI is InChI=1S/C20H23F2N3O.HI/c1-23-20(25(2)12-13-7-4-5-10-18(13)26-3)24-17-11-14(17)19-15(21)8-6-9-16(19)22;/h4-10,14,17H,11-12H2,1-3H3,(H,23,24);1H. The van der Waals surface area contributed by atoms with Crippen molar-refractivity contribution in [3.05, 3.63) is 65.2 Å². The smallest absolute Gasteiger partial charge is 0.193 e. The third-order valence-corrected chi connectivity index (χ3v) is 4.65. The molecule has 1 N–H and O–H groups in total. The summed E-state index contributed by atoms with van der Waals surface area (Å²) in [5.74, 6) is 0.341. The normalized spacial score (nSPS) is 18.5. The quantitative estimate of drug-likeness (QED) is 0.391. The first-order chi connectivity index (χ1) is 12.5. The summed E-state index contributed by atoms with van der Waals surface area (Å²) in [6.07, 6.45) is 0.680. The minimum atomic E-state index is -0.489. The Balaban J connectivity index is 0.00000261. The van der Waals surface area contributed by atoms with Crippen LogP contribution in [-0.2, 0) is 6.54 Å². The van der Waals surface area contributed by atoms with Crippen LogP contribution in [0.3, 0.4) is 0 Å². The zero-order valence-corrected chi connectivity index (χ0v) is 17.9. The lowest BCUT2D eigenvalue weighted by molar-refractivity contribution is 0.396. The van der Waals surface area contributed by atoms with Crippen LogP contribution < -0.4 is 10.1 Å². The molecule has 0 radical (unpaired) electrons. The van der Waals surface area contributed by atoms with E-state index in [0.717, 1.165) is 11.3 Å². The molecule has 146 valence electrons. The van der Waals surface area contributed by atoms with E-state index in [9.17, 15) is 8.78 Å². The molecule has 7 heteroatoms. The highest BCUT2D eigenvalue weighted by molar-refractivity contribution is 14.0. The largest absolute Gasteiger partial charge is 0.496 e. The molecule has 2 aromatic carbocycles. The topological polar surface area (TPSA) is 36.9 Å². The maximum Gasteiger partial charge on any atom is 0.193 e. The van der Waals surface area contributed by atoms with Crippen LogP contribution in [0, 0.1) is 11.6 Å². The molecule has 3 rings (SSSR count). The molecule has 27 heavy (non-hydrogen) atoms. The number of hydrogen-bond donors (Lipinski definition) is 1. The summed E-state index contributed by atoms with van der Waals surface area (Å²) in [6.45, 7) is 0.606. The minimum absolute atomic E-state index is 0. The number of hydrogen-bond acceptors (Lipinski definition) is 2. The molecule has 1 aliphatic rings. The van der Waals surface area contributed by atoms with Gasteiger partial charge in [0.15, 0.2) is 5.96 Å². The summed E-state index contributed by atoms with van der Waals surface area (Å²) in [7, 11) is 5.26. The van der Waals surface area contributed by atoms with E-state index in [1.807, 2.05) is 36.2 Å². The summed E-state index contributed by atoms with van der Waals surface area (Å²) < 4.78 is 33.3. The maximum atomic E-state index is 13.9. The lowest BCUT2D eigenvalue weighted by Gasteiger charge is -2.23. The molecule has 0 bridgehead atoms. The minimum Gasteiger partial charge on any atom is -0.496 e. The molecule has 0 saturated heterocycles. The van der Waals surface area contributed by atoms with Crippen LogP contribution >= 0.6 is 24.0 Å². The number of nitrogens with zero attached hydrogens (tertiary/aromatic N) is 2. The van der Waals surface area contributed by atoms with Gasteiger partial charge in [-0.15, -0.1) is 24.0 Å². The second-order valence-electron chi connectivity index (χ2n) is 6.44. The summed E-state index contributed by atoms with van der Waals surface area (Å²) in [4.78, 5) is 6.26. The Kier molecular flexibility index (Phi) is 7.41. The third kappa shape index (κ3) is 4.88. The van der Waals surface area contributed by atoms with Crippen LogP contribution in [-0.4, -0.2) is 38.1 Å². The van der Waals surface area contributed by atoms with E-state index in [4.69, 9.17) is 4.74 Å². The first-order valence-electron chi connectivity index (χ1n) is 8.55. The summed E-state index contributed by atoms with van der Waals surface area (Å²) in [6, 6.07) is 11.8. The number of nitrogens with one attached hydrogen (secondary N) is 1. The van der Waals surface area contributed by atoms with Gasteiger partial charge in [0.2, 0.25) is 0 Å². The zero-order valence-electron chi connectivity index (χ0n) is 15.6. The van der Waals surface area contributed by atoms with Crippen molar-refractivity contribution >= 4 is 29.9 Å². The van der Waals surface area contributed by atoms with E-state index in [1.165, 1.54) is 18.2 Å². The van der Waals surface area contributed by atoms with Crippen molar-refractivity contribution < 1.29 is 13.5 Å². The van der Waals surface area contributed by atoms with Crippen LogP contribution in [0.25, 0.3) is 0 Å². The van der Waals surface area contributed by atoms with Gasteiger partial charge in [-0.25, -0.2) is 8.78 Å². The van der Waals surface area contributed by atoms with Gasteiger partial charge in [0, 0.05) is 43.7 Å². The van der Waals surface area contributed by atoms with Crippen LogP contribution in [0.5, 0.6) is 5.75 Å². The maximum absolute atomic E-state index is 13.9. The van der Waals surface area contributed by atoms with Crippen LogP contribution in [0.4, 0.5) is 8.78 Å². The molecule has 1 aliphatic carbocycles. The second kappa shape index (κ2) is 9.34. The highest BCUT2D eigenvalue weighted by atomic mass is 127. The average Bonchev–Trinajstić information content (AvgIpc) is 3.38. The number of methoxy groups -OCH3 is 1. The van der Waals surface area contributed by atoms with Gasteiger partial charge in [-0.05, 0) is 24.6 Å². The van der Waals surface area contributed by atoms with E-state index in [2.05, 4.69) is 10.3 Å². The third-order valence-electron chi connectivity index (χ3n) is 4.65. The van der Waals surface area contributed by atoms with Crippen molar-refractivity contribution in [2.45, 2.75) is 24.9 Å². The monoisotopic (exact) mass is 487 g/mol. The summed E-state index contributed by atoms with van der Waals surface area (Å²) in [5.41, 5.74) is 1.20. The van der Waals surface area contributed by atoms with Crippen molar-refractivity contribution in [2.75, 3.05) is 21.2 Å². The molecule has 2 unspecified atom stereocenters. The van der Waals surface area contributed by atoms with Crippen molar-refractivity contribution in [3.8, 4) is 5.75 Å². The Morgan fingerprint density at radius 1 is 1.19 bits per heavy atom. The van der Waals surface area contributed by atoms with Crippen molar-refractivity contribution in [2.24, 2.45) is 4.99 Å². The van der Waals surface area contributed by atoms with Gasteiger partial charge in [0.1, 0.15) is 17.4 Å². The number of aliphatic imine (C=N–C) groups is 1. The lowest BCUT2D eigenvalue weighted by atomic mass is 10.1. The van der Waals surface area contributed by atoms with E-state index in [1.54, 1.807) is 14.2 Å². The Morgan fingerprint density at radius 3 is 2.48 bits per heavy atom. The first-order valence-corrected chi connectivity index (χ1v) is 8.55. The van der Waals surface area contributed by atoms with Gasteiger partial charge in [-0.1, -0.05) is 24.3 Å². The highest BCUT2D eigenvalue weighted by Gasteiger charge is 2.42. The van der Waals surface area contributed by atoms with Gasteiger partial charge in [-0.3, -0.25) is 4.99 Å². The van der Waals surface area contributed by atoms with Crippen molar-refractivity contribution in [3.63, 3.8) is 0 Å². The number of ether oxygens (including phenoxy) is 1. The SMILES string of the molecule is CN=C(NC1CC1c1c(F)cccc1F)N(C)Cc1ccccc1OC.I. The fourth-order valence-corrected chi connectivity index (χ4v) is 3.21. The Bertz CT molecular complexity index is 795. The molecule has 4 nitrogen and oxygen atoms in total. The number of para-hydroxylation sites is 1. The van der Waals surface area contributed by atoms with Crippen LogP contribution in [0.1, 0.15) is 23.5 Å². The predicted molar refractivity (Wildman–Crippen MR) is 114 cm³/mol. The Labute approximate surface area is 175 Å². The predicted octanol–water partition coefficient (Wildman–Crippen LogP) is 4.15. The molecule has 0 aromatic heterocycles. The van der Waals surface area contributed by atoms with Gasteiger partial charge >= 0.3 is 0 Å². The molecule has 1 fully saturated rings. The van der Waals surface area contributed by atoms with E-state index in [0.29, 0.717) is 18.9 Å².